The molecule has 0 aromatic heterocycles. The largest absolute Gasteiger partial charge is 0.394 e. The van der Waals surface area contributed by atoms with Crippen molar-refractivity contribution in [2.75, 3.05) is 13.2 Å². The van der Waals surface area contributed by atoms with E-state index in [0.29, 0.717) is 0 Å². The molecule has 0 radical (unpaired) electrons. The van der Waals surface area contributed by atoms with Crippen molar-refractivity contribution in [3.05, 3.63) is 33.4 Å². The molecule has 2 aliphatic rings. The minimum atomic E-state index is -1.71. The summed E-state index contributed by atoms with van der Waals surface area (Å²) in [6.07, 6.45) is -14.7. The number of hydrogen-bond donors (Lipinski definition) is 7. The van der Waals surface area contributed by atoms with E-state index in [9.17, 15) is 35.7 Å². The molecule has 2 heterocycles. The van der Waals surface area contributed by atoms with E-state index in [4.69, 9.17) is 18.9 Å². The van der Waals surface area contributed by atoms with E-state index in [1.807, 2.05) is 24.3 Å². The Bertz CT molecular complexity index is 705. The first-order valence-corrected chi connectivity index (χ1v) is 10.8. The lowest BCUT2D eigenvalue weighted by atomic mass is 9.97. The Kier molecular flexibility index (Phi) is 8.99. The SMILES string of the molecule is OC[C@H]1O[C@@H](O[C@H]2[C@H](O)[C@@H](O)[C@H](OCc3cccc(I)c3)O[C@@H]2CO)[C@H](O)[C@@H](O)[C@@H]1O. The van der Waals surface area contributed by atoms with Gasteiger partial charge in [0.2, 0.25) is 0 Å². The van der Waals surface area contributed by atoms with Gasteiger partial charge in [0.1, 0.15) is 48.8 Å². The van der Waals surface area contributed by atoms with Gasteiger partial charge in [-0.1, -0.05) is 12.1 Å². The predicted octanol–water partition coefficient (Wildman–Crippen LogP) is -2.57. The summed E-state index contributed by atoms with van der Waals surface area (Å²) in [5.74, 6) is 0. The molecule has 176 valence electrons. The second-order valence-electron chi connectivity index (χ2n) is 7.45. The smallest absolute Gasteiger partial charge is 0.187 e. The van der Waals surface area contributed by atoms with Gasteiger partial charge in [-0.2, -0.15) is 0 Å². The van der Waals surface area contributed by atoms with Crippen molar-refractivity contribution >= 4 is 22.6 Å². The monoisotopic (exact) mass is 558 g/mol. The minimum absolute atomic E-state index is 0.0850. The molecule has 7 N–H and O–H groups in total. The van der Waals surface area contributed by atoms with E-state index in [-0.39, 0.29) is 6.61 Å². The molecule has 0 spiro atoms. The van der Waals surface area contributed by atoms with Gasteiger partial charge in [0, 0.05) is 3.57 Å². The van der Waals surface area contributed by atoms with Crippen LogP contribution in [0.1, 0.15) is 5.56 Å². The Balaban J connectivity index is 1.66. The van der Waals surface area contributed by atoms with Crippen LogP contribution in [-0.4, -0.2) is 110 Å². The molecule has 3 rings (SSSR count). The lowest BCUT2D eigenvalue weighted by molar-refractivity contribution is -0.360. The lowest BCUT2D eigenvalue weighted by Gasteiger charge is -2.45. The zero-order valence-electron chi connectivity index (χ0n) is 16.3. The van der Waals surface area contributed by atoms with E-state index < -0.39 is 74.6 Å². The third-order valence-electron chi connectivity index (χ3n) is 5.26. The third kappa shape index (κ3) is 5.72. The molecule has 0 amide bonds. The fraction of sp³-hybridized carbons (Fsp3) is 0.684. The van der Waals surface area contributed by atoms with Crippen LogP contribution in [0.4, 0.5) is 0 Å². The van der Waals surface area contributed by atoms with Gasteiger partial charge in [0.15, 0.2) is 12.6 Å². The van der Waals surface area contributed by atoms with Crippen LogP contribution in [-0.2, 0) is 25.6 Å². The van der Waals surface area contributed by atoms with Crippen LogP contribution in [0.5, 0.6) is 0 Å². The molecule has 10 atom stereocenters. The maximum atomic E-state index is 10.6. The van der Waals surface area contributed by atoms with Crippen molar-refractivity contribution in [2.45, 2.75) is 68.0 Å². The Labute approximate surface area is 191 Å². The standard InChI is InChI=1S/C19H27IO11/c20-9-3-1-2-8(4-9)7-28-18-16(27)14(25)17(11(6-22)30-18)31-19-15(26)13(24)12(23)10(5-21)29-19/h1-4,10-19,21-27H,5-7H2/t10-,11-,12-,13+,14-,15-,16-,17-,18-,19+/m1/s1. The molecule has 0 bridgehead atoms. The molecular weight excluding hydrogens is 531 g/mol. The number of hydrogen-bond acceptors (Lipinski definition) is 11. The molecule has 31 heavy (non-hydrogen) atoms. The highest BCUT2D eigenvalue weighted by molar-refractivity contribution is 14.1. The van der Waals surface area contributed by atoms with Crippen molar-refractivity contribution in [2.24, 2.45) is 0 Å². The maximum Gasteiger partial charge on any atom is 0.187 e. The molecule has 11 nitrogen and oxygen atoms in total. The lowest BCUT2D eigenvalue weighted by Crippen LogP contribution is -2.64. The molecule has 0 aliphatic carbocycles. The second-order valence-corrected chi connectivity index (χ2v) is 8.69. The molecular formula is C19H27IO11. The first kappa shape index (κ1) is 25.1. The summed E-state index contributed by atoms with van der Waals surface area (Å²) < 4.78 is 22.9. The van der Waals surface area contributed by atoms with E-state index in [1.165, 1.54) is 0 Å². The molecule has 2 saturated heterocycles. The van der Waals surface area contributed by atoms with Gasteiger partial charge in [0.25, 0.3) is 0 Å². The summed E-state index contributed by atoms with van der Waals surface area (Å²) >= 11 is 2.15. The molecule has 0 unspecified atom stereocenters. The van der Waals surface area contributed by atoms with Crippen LogP contribution in [0.3, 0.4) is 0 Å². The molecule has 1 aromatic rings. The van der Waals surface area contributed by atoms with Crippen LogP contribution in [0.15, 0.2) is 24.3 Å². The number of benzene rings is 1. The summed E-state index contributed by atoms with van der Waals surface area (Å²) in [4.78, 5) is 0. The Morgan fingerprint density at radius 2 is 1.45 bits per heavy atom. The quantitative estimate of drug-likeness (QED) is 0.175. The summed E-state index contributed by atoms with van der Waals surface area (Å²) in [5, 5.41) is 69.9. The zero-order valence-corrected chi connectivity index (χ0v) is 18.5. The highest BCUT2D eigenvalue weighted by Crippen LogP contribution is 2.29. The zero-order chi connectivity index (χ0) is 22.7. The van der Waals surface area contributed by atoms with Crippen molar-refractivity contribution < 1.29 is 54.7 Å². The van der Waals surface area contributed by atoms with E-state index in [0.717, 1.165) is 9.13 Å². The minimum Gasteiger partial charge on any atom is -0.394 e. The van der Waals surface area contributed by atoms with E-state index in [1.54, 1.807) is 0 Å². The molecule has 0 saturated carbocycles. The normalized spacial score (nSPS) is 41.3. The van der Waals surface area contributed by atoms with Gasteiger partial charge >= 0.3 is 0 Å². The Morgan fingerprint density at radius 3 is 2.10 bits per heavy atom. The first-order chi connectivity index (χ1) is 14.8. The van der Waals surface area contributed by atoms with E-state index >= 15 is 0 Å². The van der Waals surface area contributed by atoms with Gasteiger partial charge in [-0.3, -0.25) is 0 Å². The Morgan fingerprint density at radius 1 is 0.806 bits per heavy atom. The number of rotatable bonds is 7. The Hall–Kier alpha value is -0.490. The fourth-order valence-corrected chi connectivity index (χ4v) is 4.11. The van der Waals surface area contributed by atoms with E-state index in [2.05, 4.69) is 22.6 Å². The average molecular weight is 558 g/mol. The summed E-state index contributed by atoms with van der Waals surface area (Å²) in [6.45, 7) is -1.19. The van der Waals surface area contributed by atoms with Gasteiger partial charge < -0.3 is 54.7 Å². The molecule has 1 aromatic carbocycles. The van der Waals surface area contributed by atoms with Gasteiger partial charge in [-0.05, 0) is 40.3 Å². The number of ether oxygens (including phenoxy) is 4. The van der Waals surface area contributed by atoms with Crippen molar-refractivity contribution in [3.8, 4) is 0 Å². The summed E-state index contributed by atoms with van der Waals surface area (Å²) in [5.41, 5.74) is 0.817. The fourth-order valence-electron chi connectivity index (χ4n) is 3.50. The van der Waals surface area contributed by atoms with Crippen LogP contribution in [0.2, 0.25) is 0 Å². The predicted molar refractivity (Wildman–Crippen MR) is 110 cm³/mol. The van der Waals surface area contributed by atoms with Crippen LogP contribution >= 0.6 is 22.6 Å². The van der Waals surface area contributed by atoms with Gasteiger partial charge in [-0.15, -0.1) is 0 Å². The van der Waals surface area contributed by atoms with Gasteiger partial charge in [0.05, 0.1) is 19.8 Å². The molecule has 2 fully saturated rings. The van der Waals surface area contributed by atoms with Crippen LogP contribution in [0, 0.1) is 3.57 Å². The topological polar surface area (TPSA) is 179 Å². The third-order valence-corrected chi connectivity index (χ3v) is 5.93. The molecule has 2 aliphatic heterocycles. The maximum absolute atomic E-state index is 10.6. The van der Waals surface area contributed by atoms with Crippen molar-refractivity contribution in [1.29, 1.82) is 0 Å². The van der Waals surface area contributed by atoms with Gasteiger partial charge in [-0.25, -0.2) is 0 Å². The van der Waals surface area contributed by atoms with Crippen molar-refractivity contribution in [1.82, 2.24) is 0 Å². The number of aliphatic hydroxyl groups excluding tert-OH is 7. The van der Waals surface area contributed by atoms with Crippen molar-refractivity contribution in [3.63, 3.8) is 0 Å². The summed E-state index contributed by atoms with van der Waals surface area (Å²) in [7, 11) is 0. The number of aliphatic hydroxyl groups is 7. The molecule has 12 heteroatoms. The van der Waals surface area contributed by atoms with Crippen LogP contribution < -0.4 is 0 Å². The number of halogens is 1. The van der Waals surface area contributed by atoms with Crippen LogP contribution in [0.25, 0.3) is 0 Å². The average Bonchev–Trinajstić information content (AvgIpc) is 2.76. The highest BCUT2D eigenvalue weighted by Gasteiger charge is 2.50. The first-order valence-electron chi connectivity index (χ1n) is 9.71. The second kappa shape index (κ2) is 11.1. The summed E-state index contributed by atoms with van der Waals surface area (Å²) in [6, 6.07) is 7.44. The highest BCUT2D eigenvalue weighted by atomic mass is 127.